The van der Waals surface area contributed by atoms with E-state index < -0.39 is 10.0 Å². The lowest BCUT2D eigenvalue weighted by atomic mass is 10.2. The number of aryl methyl sites for hydroxylation is 1. The van der Waals surface area contributed by atoms with E-state index in [-0.39, 0.29) is 10.6 Å². The molecule has 0 unspecified atom stereocenters. The molecular weight excluding hydrogens is 242 g/mol. The molecule has 2 rings (SSSR count). The summed E-state index contributed by atoms with van der Waals surface area (Å²) < 4.78 is 30.9. The molecule has 0 saturated carbocycles. The number of anilines is 2. The Morgan fingerprint density at radius 2 is 2.18 bits per heavy atom. The maximum absolute atomic E-state index is 12.0. The van der Waals surface area contributed by atoms with Crippen molar-refractivity contribution in [2.45, 2.75) is 11.8 Å². The van der Waals surface area contributed by atoms with Gasteiger partial charge < -0.3 is 10.3 Å². The van der Waals surface area contributed by atoms with Crippen molar-refractivity contribution in [2.75, 3.05) is 10.5 Å². The fraction of sp³-hybridized carbons (Fsp3) is 0.100. The molecule has 3 N–H and O–H groups in total. The van der Waals surface area contributed by atoms with Gasteiger partial charge in [0.15, 0.2) is 0 Å². The Hall–Kier alpha value is -2.02. The van der Waals surface area contributed by atoms with E-state index in [1.165, 1.54) is 24.6 Å². The molecule has 0 fully saturated rings. The van der Waals surface area contributed by atoms with Crippen molar-refractivity contribution in [1.82, 2.24) is 5.16 Å². The number of sulfonamides is 1. The summed E-state index contributed by atoms with van der Waals surface area (Å²) in [4.78, 5) is 0.174. The summed E-state index contributed by atoms with van der Waals surface area (Å²) >= 11 is 0. The van der Waals surface area contributed by atoms with Crippen LogP contribution in [-0.2, 0) is 10.0 Å². The number of hydrogen-bond acceptors (Lipinski definition) is 5. The molecule has 1 heterocycles. The summed E-state index contributed by atoms with van der Waals surface area (Å²) in [6.45, 7) is 1.68. The minimum atomic E-state index is -3.64. The van der Waals surface area contributed by atoms with Gasteiger partial charge in [-0.05, 0) is 30.7 Å². The topological polar surface area (TPSA) is 98.2 Å². The van der Waals surface area contributed by atoms with Crippen LogP contribution in [0, 0.1) is 6.92 Å². The van der Waals surface area contributed by atoms with E-state index in [9.17, 15) is 8.42 Å². The van der Waals surface area contributed by atoms with E-state index in [1.807, 2.05) is 0 Å². The fourth-order valence-electron chi connectivity index (χ4n) is 1.44. The average molecular weight is 253 g/mol. The molecule has 0 bridgehead atoms. The van der Waals surface area contributed by atoms with E-state index in [4.69, 9.17) is 5.73 Å². The molecule has 0 aliphatic heterocycles. The van der Waals surface area contributed by atoms with E-state index in [1.54, 1.807) is 13.0 Å². The molecule has 90 valence electrons. The zero-order valence-corrected chi connectivity index (χ0v) is 9.86. The summed E-state index contributed by atoms with van der Waals surface area (Å²) in [6, 6.07) is 4.60. The summed E-state index contributed by atoms with van der Waals surface area (Å²) in [5, 5.41) is 3.41. The quantitative estimate of drug-likeness (QED) is 0.805. The van der Waals surface area contributed by atoms with Crippen molar-refractivity contribution in [3.8, 4) is 0 Å². The van der Waals surface area contributed by atoms with Crippen LogP contribution >= 0.6 is 0 Å². The number of aromatic nitrogens is 1. The van der Waals surface area contributed by atoms with E-state index in [0.717, 1.165) is 0 Å². The SMILES string of the molecule is Cc1cc(N)ccc1S(=O)(=O)Nc1cnoc1. The van der Waals surface area contributed by atoms with Gasteiger partial charge in [0.2, 0.25) is 0 Å². The Kier molecular flexibility index (Phi) is 2.76. The third-order valence-electron chi connectivity index (χ3n) is 2.17. The first kappa shape index (κ1) is 11.5. The number of nitrogens with one attached hydrogen (secondary N) is 1. The van der Waals surface area contributed by atoms with Gasteiger partial charge in [-0.3, -0.25) is 4.72 Å². The Morgan fingerprint density at radius 1 is 1.41 bits per heavy atom. The van der Waals surface area contributed by atoms with Crippen LogP contribution in [0.4, 0.5) is 11.4 Å². The van der Waals surface area contributed by atoms with Crippen LogP contribution < -0.4 is 10.5 Å². The lowest BCUT2D eigenvalue weighted by Gasteiger charge is -2.08. The number of hydrogen-bond donors (Lipinski definition) is 2. The van der Waals surface area contributed by atoms with Gasteiger partial charge in [-0.25, -0.2) is 8.42 Å². The van der Waals surface area contributed by atoms with Crippen molar-refractivity contribution >= 4 is 21.4 Å². The minimum absolute atomic E-state index is 0.174. The van der Waals surface area contributed by atoms with E-state index >= 15 is 0 Å². The van der Waals surface area contributed by atoms with Gasteiger partial charge in [-0.2, -0.15) is 0 Å². The standard InChI is InChI=1S/C10H11N3O3S/c1-7-4-8(11)2-3-10(7)17(14,15)13-9-5-12-16-6-9/h2-6,13H,11H2,1H3. The molecule has 0 atom stereocenters. The second-order valence-corrected chi connectivity index (χ2v) is 5.19. The van der Waals surface area contributed by atoms with Crippen molar-refractivity contribution < 1.29 is 12.9 Å². The molecule has 0 aliphatic carbocycles. The Balaban J connectivity index is 2.38. The van der Waals surface area contributed by atoms with Gasteiger partial charge >= 0.3 is 0 Å². The van der Waals surface area contributed by atoms with Gasteiger partial charge in [0.25, 0.3) is 10.0 Å². The van der Waals surface area contributed by atoms with Gasteiger partial charge in [0.1, 0.15) is 12.0 Å². The number of rotatable bonds is 3. The molecule has 0 spiro atoms. The molecule has 2 aromatic rings. The molecule has 0 saturated heterocycles. The highest BCUT2D eigenvalue weighted by atomic mass is 32.2. The number of nitrogens with two attached hydrogens (primary N) is 1. The third kappa shape index (κ3) is 2.39. The summed E-state index contributed by atoms with van der Waals surface area (Å²) in [5.74, 6) is 0. The first-order valence-corrected chi connectivity index (χ1v) is 6.26. The highest BCUT2D eigenvalue weighted by molar-refractivity contribution is 7.92. The maximum Gasteiger partial charge on any atom is 0.262 e. The molecule has 0 aliphatic rings. The third-order valence-corrected chi connectivity index (χ3v) is 3.71. The second kappa shape index (κ2) is 4.10. The lowest BCUT2D eigenvalue weighted by Crippen LogP contribution is -2.13. The molecule has 17 heavy (non-hydrogen) atoms. The Bertz CT molecular complexity index is 620. The van der Waals surface area contributed by atoms with Gasteiger partial charge in [-0.15, -0.1) is 0 Å². The normalized spacial score (nSPS) is 11.4. The zero-order chi connectivity index (χ0) is 12.5. The highest BCUT2D eigenvalue weighted by Crippen LogP contribution is 2.20. The Morgan fingerprint density at radius 3 is 2.76 bits per heavy atom. The van der Waals surface area contributed by atoms with Crippen LogP contribution in [-0.4, -0.2) is 13.6 Å². The minimum Gasteiger partial charge on any atom is -0.399 e. The predicted molar refractivity (Wildman–Crippen MR) is 62.9 cm³/mol. The van der Waals surface area contributed by atoms with Crippen molar-refractivity contribution in [3.63, 3.8) is 0 Å². The first-order valence-electron chi connectivity index (χ1n) is 4.77. The summed E-state index contributed by atoms with van der Waals surface area (Å²) in [5.41, 5.74) is 6.94. The first-order chi connectivity index (χ1) is 7.99. The lowest BCUT2D eigenvalue weighted by molar-refractivity contribution is 0.420. The van der Waals surface area contributed by atoms with E-state index in [2.05, 4.69) is 14.4 Å². The number of nitrogens with zero attached hydrogens (tertiary/aromatic N) is 1. The van der Waals surface area contributed by atoms with Crippen LogP contribution in [0.2, 0.25) is 0 Å². The monoisotopic (exact) mass is 253 g/mol. The van der Waals surface area contributed by atoms with Crippen LogP contribution in [0.1, 0.15) is 5.56 Å². The average Bonchev–Trinajstić information content (AvgIpc) is 2.68. The number of benzene rings is 1. The van der Waals surface area contributed by atoms with Gasteiger partial charge in [0, 0.05) is 5.69 Å². The second-order valence-electron chi connectivity index (χ2n) is 3.54. The van der Waals surface area contributed by atoms with Gasteiger partial charge in [0.05, 0.1) is 11.1 Å². The number of nitrogen functional groups attached to an aromatic ring is 1. The molecule has 6 nitrogen and oxygen atoms in total. The molecule has 0 radical (unpaired) electrons. The molecule has 7 heteroatoms. The smallest absolute Gasteiger partial charge is 0.262 e. The fourth-order valence-corrected chi connectivity index (χ4v) is 2.69. The Labute approximate surface area is 98.5 Å². The van der Waals surface area contributed by atoms with E-state index in [0.29, 0.717) is 11.3 Å². The largest absolute Gasteiger partial charge is 0.399 e. The van der Waals surface area contributed by atoms with Crippen LogP contribution in [0.25, 0.3) is 0 Å². The van der Waals surface area contributed by atoms with Crippen molar-refractivity contribution in [2.24, 2.45) is 0 Å². The van der Waals surface area contributed by atoms with Gasteiger partial charge in [-0.1, -0.05) is 5.16 Å². The highest BCUT2D eigenvalue weighted by Gasteiger charge is 2.17. The van der Waals surface area contributed by atoms with Crippen LogP contribution in [0.3, 0.4) is 0 Å². The molecule has 1 aromatic carbocycles. The summed E-state index contributed by atoms with van der Waals surface area (Å²) in [6.07, 6.45) is 2.49. The van der Waals surface area contributed by atoms with Crippen LogP contribution in [0.15, 0.2) is 40.1 Å². The van der Waals surface area contributed by atoms with Crippen LogP contribution in [0.5, 0.6) is 0 Å². The maximum atomic E-state index is 12.0. The van der Waals surface area contributed by atoms with Crippen molar-refractivity contribution in [3.05, 3.63) is 36.2 Å². The molecular formula is C10H11N3O3S. The zero-order valence-electron chi connectivity index (χ0n) is 9.04. The molecule has 1 aromatic heterocycles. The predicted octanol–water partition coefficient (Wildman–Crippen LogP) is 1.37. The molecule has 0 amide bonds. The summed E-state index contributed by atoms with van der Waals surface area (Å²) in [7, 11) is -3.64. The van der Waals surface area contributed by atoms with Crippen molar-refractivity contribution in [1.29, 1.82) is 0 Å².